The molecule has 3 rings (SSSR count). The molecular weight excluding hydrogens is 334 g/mol. The number of imidazole rings is 1. The Bertz CT molecular complexity index is 922. The van der Waals surface area contributed by atoms with Crippen molar-refractivity contribution in [3.05, 3.63) is 61.0 Å². The number of methoxy groups -OCH3 is 2. The average molecular weight is 351 g/mol. The van der Waals surface area contributed by atoms with E-state index >= 15 is 0 Å². The van der Waals surface area contributed by atoms with Crippen LogP contribution in [0.5, 0.6) is 11.5 Å². The molecule has 0 unspecified atom stereocenters. The van der Waals surface area contributed by atoms with Gasteiger partial charge in [0.15, 0.2) is 11.5 Å². The van der Waals surface area contributed by atoms with E-state index in [-0.39, 0.29) is 5.91 Å². The Balaban J connectivity index is 1.69. The van der Waals surface area contributed by atoms with Gasteiger partial charge in [0.05, 0.1) is 14.2 Å². The van der Waals surface area contributed by atoms with Crippen molar-refractivity contribution in [2.75, 3.05) is 19.5 Å². The third kappa shape index (κ3) is 4.04. The van der Waals surface area contributed by atoms with Gasteiger partial charge in [-0.25, -0.2) is 15.0 Å². The molecule has 3 aromatic rings. The molecule has 8 nitrogen and oxygen atoms in total. The van der Waals surface area contributed by atoms with Gasteiger partial charge in [-0.2, -0.15) is 0 Å². The summed E-state index contributed by atoms with van der Waals surface area (Å²) in [5.74, 6) is 1.91. The maximum absolute atomic E-state index is 12.1. The van der Waals surface area contributed by atoms with Gasteiger partial charge in [-0.3, -0.25) is 9.36 Å². The molecule has 1 amide bonds. The van der Waals surface area contributed by atoms with Crippen LogP contribution in [0.25, 0.3) is 11.9 Å². The van der Waals surface area contributed by atoms with Crippen LogP contribution in [0.1, 0.15) is 5.56 Å². The first kappa shape index (κ1) is 17.2. The number of anilines is 1. The van der Waals surface area contributed by atoms with Crippen LogP contribution in [-0.2, 0) is 4.79 Å². The minimum absolute atomic E-state index is 0.310. The maximum Gasteiger partial charge on any atom is 0.249 e. The molecule has 0 fully saturated rings. The molecule has 0 aliphatic heterocycles. The summed E-state index contributed by atoms with van der Waals surface area (Å²) in [6, 6.07) is 7.04. The number of nitrogens with one attached hydrogen (secondary N) is 1. The number of hydrogen-bond donors (Lipinski definition) is 1. The van der Waals surface area contributed by atoms with E-state index in [4.69, 9.17) is 9.47 Å². The van der Waals surface area contributed by atoms with Crippen LogP contribution in [-0.4, -0.2) is 39.6 Å². The molecule has 8 heteroatoms. The van der Waals surface area contributed by atoms with Crippen LogP contribution in [0.15, 0.2) is 55.4 Å². The lowest BCUT2D eigenvalue weighted by Gasteiger charge is -2.07. The van der Waals surface area contributed by atoms with Crippen molar-refractivity contribution in [2.24, 2.45) is 0 Å². The molecule has 0 radical (unpaired) electrons. The minimum atomic E-state index is -0.310. The van der Waals surface area contributed by atoms with Crippen molar-refractivity contribution < 1.29 is 14.3 Å². The average Bonchev–Trinajstić information content (AvgIpc) is 3.21. The number of rotatable bonds is 6. The summed E-state index contributed by atoms with van der Waals surface area (Å²) < 4.78 is 12.2. The van der Waals surface area contributed by atoms with E-state index in [9.17, 15) is 4.79 Å². The Morgan fingerprint density at radius 3 is 2.73 bits per heavy atom. The van der Waals surface area contributed by atoms with E-state index in [0.29, 0.717) is 23.1 Å². The molecule has 0 spiro atoms. The Labute approximate surface area is 150 Å². The molecule has 0 saturated heterocycles. The highest BCUT2D eigenvalue weighted by Gasteiger charge is 2.05. The summed E-state index contributed by atoms with van der Waals surface area (Å²) in [4.78, 5) is 24.3. The molecule has 0 bridgehead atoms. The monoisotopic (exact) mass is 351 g/mol. The number of amides is 1. The number of ether oxygens (including phenoxy) is 2. The van der Waals surface area contributed by atoms with Gasteiger partial charge in [-0.1, -0.05) is 6.07 Å². The second kappa shape index (κ2) is 7.93. The van der Waals surface area contributed by atoms with Crippen molar-refractivity contribution in [2.45, 2.75) is 0 Å². The maximum atomic E-state index is 12.1. The predicted octanol–water partition coefficient (Wildman–Crippen LogP) is 2.33. The van der Waals surface area contributed by atoms with Gasteiger partial charge in [-0.15, -0.1) is 0 Å². The molecule has 0 saturated carbocycles. The minimum Gasteiger partial charge on any atom is -0.493 e. The summed E-state index contributed by atoms with van der Waals surface area (Å²) in [6.07, 6.45) is 9.49. The molecule has 1 N–H and O–H groups in total. The molecule has 132 valence electrons. The highest BCUT2D eigenvalue weighted by molar-refractivity contribution is 6.01. The summed E-state index contributed by atoms with van der Waals surface area (Å²) in [5.41, 5.74) is 0.805. The molecule has 1 aromatic carbocycles. The summed E-state index contributed by atoms with van der Waals surface area (Å²) in [7, 11) is 3.13. The third-order valence-electron chi connectivity index (χ3n) is 3.51. The van der Waals surface area contributed by atoms with E-state index in [1.807, 2.05) is 6.07 Å². The Hall–Kier alpha value is -3.68. The number of carbonyl (C=O) groups is 1. The van der Waals surface area contributed by atoms with Crippen LogP contribution >= 0.6 is 0 Å². The first-order valence-electron chi connectivity index (χ1n) is 7.71. The second-order valence-corrected chi connectivity index (χ2v) is 5.17. The third-order valence-corrected chi connectivity index (χ3v) is 3.51. The SMILES string of the molecule is COc1ccc(/C=C/C(=O)Nc2cc(-n3ccnc3)ncn2)cc1OC. The van der Waals surface area contributed by atoms with Gasteiger partial charge in [0.1, 0.15) is 24.3 Å². The molecule has 26 heavy (non-hydrogen) atoms. The lowest BCUT2D eigenvalue weighted by Crippen LogP contribution is -2.10. The van der Waals surface area contributed by atoms with Crippen molar-refractivity contribution >= 4 is 17.8 Å². The van der Waals surface area contributed by atoms with Crippen molar-refractivity contribution in [3.8, 4) is 17.3 Å². The smallest absolute Gasteiger partial charge is 0.249 e. The summed E-state index contributed by atoms with van der Waals surface area (Å²) >= 11 is 0. The van der Waals surface area contributed by atoms with Gasteiger partial charge in [-0.05, 0) is 23.8 Å². The van der Waals surface area contributed by atoms with Gasteiger partial charge in [0.25, 0.3) is 0 Å². The Morgan fingerprint density at radius 1 is 1.15 bits per heavy atom. The van der Waals surface area contributed by atoms with Crippen LogP contribution < -0.4 is 14.8 Å². The van der Waals surface area contributed by atoms with Crippen LogP contribution in [0.2, 0.25) is 0 Å². The first-order chi connectivity index (χ1) is 12.7. The topological polar surface area (TPSA) is 91.2 Å². The van der Waals surface area contributed by atoms with Crippen molar-refractivity contribution in [1.29, 1.82) is 0 Å². The second-order valence-electron chi connectivity index (χ2n) is 5.17. The van der Waals surface area contributed by atoms with E-state index in [0.717, 1.165) is 5.56 Å². The van der Waals surface area contributed by atoms with Gasteiger partial charge < -0.3 is 14.8 Å². The van der Waals surface area contributed by atoms with Gasteiger partial charge in [0.2, 0.25) is 5.91 Å². The standard InChI is InChI=1S/C18H17N5O3/c1-25-14-5-3-13(9-15(14)26-2)4-6-18(24)22-16-10-17(21-11-20-16)23-8-7-19-12-23/h3-12H,1-2H3,(H,20,21,22,24)/b6-4+. The molecule has 0 aliphatic carbocycles. The molecule has 0 aliphatic rings. The zero-order chi connectivity index (χ0) is 18.4. The van der Waals surface area contributed by atoms with Crippen LogP contribution in [0.4, 0.5) is 5.82 Å². The molecular formula is C18H17N5O3. The zero-order valence-corrected chi connectivity index (χ0v) is 14.3. The molecule has 2 heterocycles. The van der Waals surface area contributed by atoms with Crippen LogP contribution in [0.3, 0.4) is 0 Å². The number of nitrogens with zero attached hydrogens (tertiary/aromatic N) is 4. The van der Waals surface area contributed by atoms with E-state index in [1.165, 1.54) is 12.4 Å². The summed E-state index contributed by atoms with van der Waals surface area (Å²) in [6.45, 7) is 0. The quantitative estimate of drug-likeness (QED) is 0.686. The fourth-order valence-electron chi connectivity index (χ4n) is 2.25. The number of carbonyl (C=O) groups excluding carboxylic acids is 1. The van der Waals surface area contributed by atoms with Crippen molar-refractivity contribution in [1.82, 2.24) is 19.5 Å². The number of aromatic nitrogens is 4. The van der Waals surface area contributed by atoms with Gasteiger partial charge in [0, 0.05) is 24.5 Å². The first-order valence-corrected chi connectivity index (χ1v) is 7.71. The van der Waals surface area contributed by atoms with Crippen LogP contribution in [0, 0.1) is 0 Å². The lowest BCUT2D eigenvalue weighted by molar-refractivity contribution is -0.111. The molecule has 2 aromatic heterocycles. The van der Waals surface area contributed by atoms with E-state index in [1.54, 1.807) is 61.8 Å². The van der Waals surface area contributed by atoms with Gasteiger partial charge >= 0.3 is 0 Å². The lowest BCUT2D eigenvalue weighted by atomic mass is 10.2. The Morgan fingerprint density at radius 2 is 2.00 bits per heavy atom. The zero-order valence-electron chi connectivity index (χ0n) is 14.3. The highest BCUT2D eigenvalue weighted by Crippen LogP contribution is 2.27. The van der Waals surface area contributed by atoms with E-state index < -0.39 is 0 Å². The van der Waals surface area contributed by atoms with Crippen molar-refractivity contribution in [3.63, 3.8) is 0 Å². The predicted molar refractivity (Wildman–Crippen MR) is 96.4 cm³/mol. The fourth-order valence-corrected chi connectivity index (χ4v) is 2.25. The largest absolute Gasteiger partial charge is 0.493 e. The normalized spacial score (nSPS) is 10.7. The summed E-state index contributed by atoms with van der Waals surface area (Å²) in [5, 5.41) is 2.70. The number of hydrogen-bond acceptors (Lipinski definition) is 6. The highest BCUT2D eigenvalue weighted by atomic mass is 16.5. The molecule has 0 atom stereocenters. The fraction of sp³-hybridized carbons (Fsp3) is 0.111. The Kier molecular flexibility index (Phi) is 5.23. The van der Waals surface area contributed by atoms with E-state index in [2.05, 4.69) is 20.3 Å². The number of benzene rings is 1.